The fourth-order valence-corrected chi connectivity index (χ4v) is 4.90. The number of rotatable bonds is 5. The Bertz CT molecular complexity index is 995. The molecule has 1 saturated heterocycles. The third kappa shape index (κ3) is 3.97. The van der Waals surface area contributed by atoms with Crippen molar-refractivity contribution in [3.8, 4) is 0 Å². The van der Waals surface area contributed by atoms with Crippen LogP contribution in [-0.2, 0) is 6.54 Å². The molecule has 0 spiro atoms. The molecule has 4 rings (SSSR count). The van der Waals surface area contributed by atoms with Crippen LogP contribution in [0, 0.1) is 6.92 Å². The van der Waals surface area contributed by atoms with Crippen LogP contribution in [0.2, 0.25) is 0 Å². The van der Waals surface area contributed by atoms with E-state index < -0.39 is 0 Å². The number of amides is 1. The normalized spacial score (nSPS) is 15.1. The summed E-state index contributed by atoms with van der Waals surface area (Å²) in [6.45, 7) is 9.25. The summed E-state index contributed by atoms with van der Waals surface area (Å²) in [6, 6.07) is 10.1. The summed E-state index contributed by atoms with van der Waals surface area (Å²) < 4.78 is 0. The molecule has 0 atom stereocenters. The van der Waals surface area contributed by atoms with E-state index in [1.165, 1.54) is 11.3 Å². The largest absolute Gasteiger partial charge is 0.353 e. The van der Waals surface area contributed by atoms with Gasteiger partial charge in [0.1, 0.15) is 17.0 Å². The van der Waals surface area contributed by atoms with Gasteiger partial charge in [-0.3, -0.25) is 4.79 Å². The molecule has 0 unspecified atom stereocenters. The van der Waals surface area contributed by atoms with Crippen molar-refractivity contribution in [2.45, 2.75) is 20.4 Å². The zero-order valence-electron chi connectivity index (χ0n) is 17.3. The molecule has 0 aliphatic carbocycles. The highest BCUT2D eigenvalue weighted by atomic mass is 32.1. The highest BCUT2D eigenvalue weighted by molar-refractivity contribution is 7.20. The molecule has 6 nitrogen and oxygen atoms in total. The maximum atomic E-state index is 13.4. The second kappa shape index (κ2) is 8.47. The summed E-state index contributed by atoms with van der Waals surface area (Å²) in [7, 11) is 2.14. The Balaban J connectivity index is 1.66. The van der Waals surface area contributed by atoms with Crippen LogP contribution in [-0.4, -0.2) is 65.4 Å². The Morgan fingerprint density at radius 1 is 1.14 bits per heavy atom. The van der Waals surface area contributed by atoms with Crippen LogP contribution >= 0.6 is 11.3 Å². The van der Waals surface area contributed by atoms with Crippen molar-refractivity contribution in [1.29, 1.82) is 0 Å². The van der Waals surface area contributed by atoms with Crippen LogP contribution in [0.5, 0.6) is 0 Å². The fourth-order valence-electron chi connectivity index (χ4n) is 3.79. The van der Waals surface area contributed by atoms with Gasteiger partial charge < -0.3 is 14.7 Å². The molecular weight excluding hydrogens is 382 g/mol. The molecule has 1 amide bonds. The van der Waals surface area contributed by atoms with Gasteiger partial charge in [-0.2, -0.15) is 0 Å². The van der Waals surface area contributed by atoms with E-state index in [1.54, 1.807) is 6.33 Å². The van der Waals surface area contributed by atoms with Crippen LogP contribution in [0.3, 0.4) is 0 Å². The van der Waals surface area contributed by atoms with Crippen LogP contribution in [0.4, 0.5) is 5.82 Å². The maximum Gasteiger partial charge on any atom is 0.264 e. The van der Waals surface area contributed by atoms with Crippen molar-refractivity contribution in [3.05, 3.63) is 52.7 Å². The number of hydrogen-bond donors (Lipinski definition) is 0. The highest BCUT2D eigenvalue weighted by Gasteiger charge is 2.25. The summed E-state index contributed by atoms with van der Waals surface area (Å²) in [5, 5.41) is 1.03. The lowest BCUT2D eigenvalue weighted by atomic mass is 10.1. The Kier molecular flexibility index (Phi) is 5.78. The van der Waals surface area contributed by atoms with E-state index in [1.807, 2.05) is 36.9 Å². The number of likely N-dealkylation sites (N-methyl/N-ethyl adjacent to an activating group) is 1. The Morgan fingerprint density at radius 3 is 2.55 bits per heavy atom. The number of aromatic nitrogens is 2. The number of thiophene rings is 1. The summed E-state index contributed by atoms with van der Waals surface area (Å²) >= 11 is 1.49. The minimum Gasteiger partial charge on any atom is -0.353 e. The van der Waals surface area contributed by atoms with E-state index in [2.05, 4.69) is 38.9 Å². The molecule has 0 bridgehead atoms. The molecule has 1 aliphatic heterocycles. The van der Waals surface area contributed by atoms with E-state index in [4.69, 9.17) is 0 Å². The predicted octanol–water partition coefficient (Wildman–Crippen LogP) is 3.41. The van der Waals surface area contributed by atoms with Gasteiger partial charge in [0, 0.05) is 39.3 Å². The number of nitrogens with zero attached hydrogens (tertiary/aromatic N) is 5. The number of anilines is 1. The number of carbonyl (C=O) groups excluding carboxylic acids is 1. The minimum absolute atomic E-state index is 0.0705. The lowest BCUT2D eigenvalue weighted by Gasteiger charge is -2.33. The van der Waals surface area contributed by atoms with Crippen LogP contribution < -0.4 is 4.90 Å². The molecule has 2 aromatic heterocycles. The van der Waals surface area contributed by atoms with Gasteiger partial charge in [0.25, 0.3) is 5.91 Å². The van der Waals surface area contributed by atoms with Crippen LogP contribution in [0.1, 0.15) is 27.7 Å². The van der Waals surface area contributed by atoms with E-state index >= 15 is 0 Å². The first-order chi connectivity index (χ1) is 14.1. The standard InChI is InChI=1S/C22H27N5OS/c1-4-26(14-17-8-6-5-7-9-17)22(28)19-16(2)18-20(23-15-24-21(18)29-19)27-12-10-25(3)11-13-27/h5-9,15H,4,10-14H2,1-3H3. The molecule has 1 aromatic carbocycles. The predicted molar refractivity (Wildman–Crippen MR) is 119 cm³/mol. The zero-order valence-corrected chi connectivity index (χ0v) is 18.1. The van der Waals surface area contributed by atoms with Gasteiger partial charge in [-0.1, -0.05) is 30.3 Å². The molecule has 3 aromatic rings. The Morgan fingerprint density at radius 2 is 1.86 bits per heavy atom. The van der Waals surface area contributed by atoms with Gasteiger partial charge in [-0.05, 0) is 32.0 Å². The number of carbonyl (C=O) groups is 1. The first-order valence-electron chi connectivity index (χ1n) is 10.1. The van der Waals surface area contributed by atoms with Gasteiger partial charge >= 0.3 is 0 Å². The van der Waals surface area contributed by atoms with Gasteiger partial charge in [-0.25, -0.2) is 9.97 Å². The van der Waals surface area contributed by atoms with Crippen molar-refractivity contribution in [2.24, 2.45) is 0 Å². The number of fused-ring (bicyclic) bond motifs is 1. The SMILES string of the molecule is CCN(Cc1ccccc1)C(=O)c1sc2ncnc(N3CCN(C)CC3)c2c1C. The molecule has 1 aliphatic rings. The Labute approximate surface area is 175 Å². The van der Waals surface area contributed by atoms with Crippen molar-refractivity contribution in [3.63, 3.8) is 0 Å². The fraction of sp³-hybridized carbons (Fsp3) is 0.409. The van der Waals surface area contributed by atoms with Crippen molar-refractivity contribution in [1.82, 2.24) is 19.8 Å². The van der Waals surface area contributed by atoms with Gasteiger partial charge in [0.15, 0.2) is 0 Å². The second-order valence-corrected chi connectivity index (χ2v) is 8.53. The quantitative estimate of drug-likeness (QED) is 0.646. The molecule has 0 saturated carbocycles. The molecule has 7 heteroatoms. The third-order valence-electron chi connectivity index (χ3n) is 5.59. The third-order valence-corrected chi connectivity index (χ3v) is 6.78. The van der Waals surface area contributed by atoms with E-state index in [0.717, 1.165) is 58.2 Å². The molecule has 0 N–H and O–H groups in total. The van der Waals surface area contributed by atoms with Gasteiger partial charge in [-0.15, -0.1) is 11.3 Å². The average molecular weight is 410 g/mol. The number of aryl methyl sites for hydroxylation is 1. The smallest absolute Gasteiger partial charge is 0.264 e. The van der Waals surface area contributed by atoms with Crippen LogP contribution in [0.15, 0.2) is 36.7 Å². The molecule has 152 valence electrons. The number of piperazine rings is 1. The van der Waals surface area contributed by atoms with Gasteiger partial charge in [0.05, 0.1) is 10.3 Å². The molecule has 1 fully saturated rings. The summed E-state index contributed by atoms with van der Waals surface area (Å²) in [5.74, 6) is 1.03. The van der Waals surface area contributed by atoms with Crippen LogP contribution in [0.25, 0.3) is 10.2 Å². The summed E-state index contributed by atoms with van der Waals surface area (Å²) in [5.41, 5.74) is 2.13. The van der Waals surface area contributed by atoms with Crippen molar-refractivity contribution in [2.75, 3.05) is 44.7 Å². The summed E-state index contributed by atoms with van der Waals surface area (Å²) in [4.78, 5) is 30.7. The Hall–Kier alpha value is -2.51. The monoisotopic (exact) mass is 409 g/mol. The van der Waals surface area contributed by atoms with Crippen molar-refractivity contribution < 1.29 is 4.79 Å². The summed E-state index contributed by atoms with van der Waals surface area (Å²) in [6.07, 6.45) is 1.63. The first-order valence-corrected chi connectivity index (χ1v) is 10.9. The molecule has 3 heterocycles. The number of benzene rings is 1. The first kappa shape index (κ1) is 19.8. The number of hydrogen-bond acceptors (Lipinski definition) is 6. The molecular formula is C22H27N5OS. The maximum absolute atomic E-state index is 13.4. The lowest BCUT2D eigenvalue weighted by molar-refractivity contribution is 0.0757. The lowest BCUT2D eigenvalue weighted by Crippen LogP contribution is -2.44. The topological polar surface area (TPSA) is 52.6 Å². The minimum atomic E-state index is 0.0705. The van der Waals surface area contributed by atoms with E-state index in [9.17, 15) is 4.79 Å². The van der Waals surface area contributed by atoms with E-state index in [0.29, 0.717) is 13.1 Å². The van der Waals surface area contributed by atoms with Crippen molar-refractivity contribution >= 4 is 33.3 Å². The second-order valence-electron chi connectivity index (χ2n) is 7.53. The van der Waals surface area contributed by atoms with E-state index in [-0.39, 0.29) is 5.91 Å². The molecule has 0 radical (unpaired) electrons. The molecule has 29 heavy (non-hydrogen) atoms. The van der Waals surface area contributed by atoms with Gasteiger partial charge in [0.2, 0.25) is 0 Å². The zero-order chi connectivity index (χ0) is 20.4. The average Bonchev–Trinajstić information content (AvgIpc) is 3.09. The highest BCUT2D eigenvalue weighted by Crippen LogP contribution is 2.36.